The molecule has 0 aromatic heterocycles. The lowest BCUT2D eigenvalue weighted by atomic mass is 10.00. The molecule has 0 aromatic rings. The van der Waals surface area contributed by atoms with Gasteiger partial charge in [0.05, 0.1) is 25.4 Å². The van der Waals surface area contributed by atoms with Gasteiger partial charge >= 0.3 is 0 Å². The number of aliphatic hydroxyl groups is 3. The molecule has 0 atom stereocenters. The molecular formula is C8H18N2O3. The van der Waals surface area contributed by atoms with Crippen molar-refractivity contribution in [3.63, 3.8) is 0 Å². The van der Waals surface area contributed by atoms with E-state index in [0.29, 0.717) is 0 Å². The molecule has 1 aliphatic heterocycles. The van der Waals surface area contributed by atoms with Gasteiger partial charge in [-0.25, -0.2) is 0 Å². The van der Waals surface area contributed by atoms with Crippen molar-refractivity contribution in [1.29, 1.82) is 0 Å². The first-order valence-electron chi connectivity index (χ1n) is 4.57. The third-order valence-corrected chi connectivity index (χ3v) is 2.67. The Balaban J connectivity index is 2.60. The van der Waals surface area contributed by atoms with Crippen LogP contribution in [-0.4, -0.2) is 71.8 Å². The van der Waals surface area contributed by atoms with Crippen molar-refractivity contribution in [3.05, 3.63) is 0 Å². The number of nitrogens with zero attached hydrogens (tertiary/aromatic N) is 1. The fourth-order valence-corrected chi connectivity index (χ4v) is 1.59. The van der Waals surface area contributed by atoms with E-state index in [1.54, 1.807) is 0 Å². The highest BCUT2D eigenvalue weighted by atomic mass is 16.3. The van der Waals surface area contributed by atoms with E-state index >= 15 is 0 Å². The van der Waals surface area contributed by atoms with Crippen LogP contribution in [0, 0.1) is 0 Å². The van der Waals surface area contributed by atoms with Gasteiger partial charge in [0.25, 0.3) is 0 Å². The monoisotopic (exact) mass is 190 g/mol. The molecule has 0 aliphatic carbocycles. The second-order valence-corrected chi connectivity index (χ2v) is 3.44. The normalized spacial score (nSPS) is 20.5. The van der Waals surface area contributed by atoms with Crippen LogP contribution in [0.1, 0.15) is 0 Å². The summed E-state index contributed by atoms with van der Waals surface area (Å²) >= 11 is 0. The van der Waals surface area contributed by atoms with Gasteiger partial charge in [-0.3, -0.25) is 4.90 Å². The summed E-state index contributed by atoms with van der Waals surface area (Å²) < 4.78 is 0. The molecule has 0 radical (unpaired) electrons. The molecule has 0 unspecified atom stereocenters. The van der Waals surface area contributed by atoms with Crippen molar-refractivity contribution >= 4 is 0 Å². The molecule has 0 spiro atoms. The van der Waals surface area contributed by atoms with Gasteiger partial charge in [0, 0.05) is 26.2 Å². The molecule has 1 rings (SSSR count). The van der Waals surface area contributed by atoms with Crippen LogP contribution in [0.25, 0.3) is 0 Å². The van der Waals surface area contributed by atoms with Crippen LogP contribution in [0.4, 0.5) is 0 Å². The molecule has 1 heterocycles. The maximum Gasteiger partial charge on any atom is 0.0907 e. The zero-order chi connectivity index (χ0) is 9.73. The van der Waals surface area contributed by atoms with E-state index in [1.165, 1.54) is 0 Å². The predicted octanol–water partition coefficient (Wildman–Crippen LogP) is -2.39. The topological polar surface area (TPSA) is 76.0 Å². The van der Waals surface area contributed by atoms with Crippen LogP contribution in [0.2, 0.25) is 0 Å². The largest absolute Gasteiger partial charge is 0.394 e. The molecule has 13 heavy (non-hydrogen) atoms. The van der Waals surface area contributed by atoms with Crippen molar-refractivity contribution < 1.29 is 15.3 Å². The molecule has 0 saturated carbocycles. The minimum absolute atomic E-state index is 0.208. The van der Waals surface area contributed by atoms with Gasteiger partial charge < -0.3 is 20.6 Å². The number of hydrogen-bond acceptors (Lipinski definition) is 5. The van der Waals surface area contributed by atoms with Crippen molar-refractivity contribution in [2.45, 2.75) is 5.54 Å². The van der Waals surface area contributed by atoms with E-state index in [-0.39, 0.29) is 19.8 Å². The van der Waals surface area contributed by atoms with Crippen molar-refractivity contribution in [3.8, 4) is 0 Å². The molecule has 5 nitrogen and oxygen atoms in total. The van der Waals surface area contributed by atoms with E-state index in [1.807, 2.05) is 4.90 Å². The van der Waals surface area contributed by atoms with Crippen molar-refractivity contribution in [2.24, 2.45) is 0 Å². The van der Waals surface area contributed by atoms with E-state index in [0.717, 1.165) is 26.2 Å². The number of hydrogen-bond donors (Lipinski definition) is 4. The van der Waals surface area contributed by atoms with Gasteiger partial charge in [0.1, 0.15) is 0 Å². The van der Waals surface area contributed by atoms with Gasteiger partial charge in [-0.2, -0.15) is 0 Å². The molecule has 1 aliphatic rings. The van der Waals surface area contributed by atoms with Crippen LogP contribution in [0.15, 0.2) is 0 Å². The predicted molar refractivity (Wildman–Crippen MR) is 48.4 cm³/mol. The third-order valence-electron chi connectivity index (χ3n) is 2.67. The van der Waals surface area contributed by atoms with Crippen LogP contribution >= 0.6 is 0 Å². The van der Waals surface area contributed by atoms with Gasteiger partial charge in [-0.05, 0) is 0 Å². The Morgan fingerprint density at radius 2 is 1.46 bits per heavy atom. The van der Waals surface area contributed by atoms with Gasteiger partial charge in [0.2, 0.25) is 0 Å². The first kappa shape index (κ1) is 10.9. The number of piperazine rings is 1. The number of aliphatic hydroxyl groups excluding tert-OH is 3. The lowest BCUT2D eigenvalue weighted by Crippen LogP contribution is -2.62. The van der Waals surface area contributed by atoms with E-state index < -0.39 is 5.54 Å². The highest BCUT2D eigenvalue weighted by Gasteiger charge is 2.35. The number of nitrogens with one attached hydrogen (secondary N) is 1. The lowest BCUT2D eigenvalue weighted by molar-refractivity contribution is -0.0522. The Bertz CT molecular complexity index is 136. The fraction of sp³-hybridized carbons (Fsp3) is 1.00. The summed E-state index contributed by atoms with van der Waals surface area (Å²) in [6, 6.07) is 0. The summed E-state index contributed by atoms with van der Waals surface area (Å²) in [6.07, 6.45) is 0. The SMILES string of the molecule is OCC(CO)(CO)N1CCNCC1. The molecule has 0 bridgehead atoms. The van der Waals surface area contributed by atoms with E-state index in [9.17, 15) is 0 Å². The maximum absolute atomic E-state index is 9.15. The van der Waals surface area contributed by atoms with Gasteiger partial charge in [0.15, 0.2) is 0 Å². The van der Waals surface area contributed by atoms with Crippen molar-refractivity contribution in [1.82, 2.24) is 10.2 Å². The zero-order valence-corrected chi connectivity index (χ0v) is 7.74. The Morgan fingerprint density at radius 1 is 1.00 bits per heavy atom. The lowest BCUT2D eigenvalue weighted by Gasteiger charge is -2.42. The van der Waals surface area contributed by atoms with Crippen LogP contribution in [0.5, 0.6) is 0 Å². The second-order valence-electron chi connectivity index (χ2n) is 3.44. The second kappa shape index (κ2) is 4.88. The highest BCUT2D eigenvalue weighted by molar-refractivity contribution is 4.91. The minimum Gasteiger partial charge on any atom is -0.394 e. The average molecular weight is 190 g/mol. The molecule has 0 amide bonds. The summed E-state index contributed by atoms with van der Waals surface area (Å²) in [5.41, 5.74) is -0.845. The first-order valence-corrected chi connectivity index (χ1v) is 4.57. The van der Waals surface area contributed by atoms with Crippen molar-refractivity contribution in [2.75, 3.05) is 46.0 Å². The molecule has 1 saturated heterocycles. The zero-order valence-electron chi connectivity index (χ0n) is 7.74. The Morgan fingerprint density at radius 3 is 1.85 bits per heavy atom. The number of rotatable bonds is 4. The third kappa shape index (κ3) is 2.18. The Kier molecular flexibility index (Phi) is 4.08. The van der Waals surface area contributed by atoms with Crippen LogP contribution in [-0.2, 0) is 0 Å². The fourth-order valence-electron chi connectivity index (χ4n) is 1.59. The van der Waals surface area contributed by atoms with E-state index in [4.69, 9.17) is 15.3 Å². The highest BCUT2D eigenvalue weighted by Crippen LogP contribution is 2.14. The van der Waals surface area contributed by atoms with Crippen LogP contribution in [0.3, 0.4) is 0 Å². The van der Waals surface area contributed by atoms with Gasteiger partial charge in [-0.15, -0.1) is 0 Å². The summed E-state index contributed by atoms with van der Waals surface area (Å²) in [4.78, 5) is 1.93. The molecule has 1 fully saturated rings. The van der Waals surface area contributed by atoms with Crippen LogP contribution < -0.4 is 5.32 Å². The summed E-state index contributed by atoms with van der Waals surface area (Å²) in [5, 5.41) is 30.6. The smallest absolute Gasteiger partial charge is 0.0907 e. The maximum atomic E-state index is 9.15. The first-order chi connectivity index (χ1) is 6.29. The Hall–Kier alpha value is -0.200. The quantitative estimate of drug-likeness (QED) is 0.398. The average Bonchev–Trinajstić information content (AvgIpc) is 2.23. The summed E-state index contributed by atoms with van der Waals surface area (Å²) in [6.45, 7) is 2.55. The molecule has 5 heteroatoms. The summed E-state index contributed by atoms with van der Waals surface area (Å²) in [7, 11) is 0. The molecule has 78 valence electrons. The standard InChI is InChI=1S/C8H18N2O3/c11-5-8(6-12,7-13)10-3-1-9-2-4-10/h9,11-13H,1-7H2. The molecule has 0 aromatic carbocycles. The minimum atomic E-state index is -0.845. The Labute approximate surface area is 78.0 Å². The van der Waals surface area contributed by atoms with E-state index in [2.05, 4.69) is 5.32 Å². The molecular weight excluding hydrogens is 172 g/mol. The summed E-state index contributed by atoms with van der Waals surface area (Å²) in [5.74, 6) is 0. The van der Waals surface area contributed by atoms with Gasteiger partial charge in [-0.1, -0.05) is 0 Å². The molecule has 4 N–H and O–H groups in total.